The number of hydrogen-bond acceptors (Lipinski definition) is 1. The molecule has 1 saturated heterocycles. The fourth-order valence-corrected chi connectivity index (χ4v) is 8.46. The zero-order valence-corrected chi connectivity index (χ0v) is 22.3. The predicted molar refractivity (Wildman–Crippen MR) is 130 cm³/mol. The summed E-state index contributed by atoms with van der Waals surface area (Å²) in [5, 5.41) is 0. The van der Waals surface area contributed by atoms with E-state index in [1.807, 2.05) is 0 Å². The maximum absolute atomic E-state index is 6.52. The van der Waals surface area contributed by atoms with Crippen LogP contribution >= 0.6 is 0 Å². The molecule has 166 valence electrons. The van der Waals surface area contributed by atoms with E-state index in [1.165, 1.54) is 37.7 Å². The second-order valence-corrected chi connectivity index (χ2v) is 12.7. The van der Waals surface area contributed by atoms with Crippen molar-refractivity contribution in [2.24, 2.45) is 5.92 Å². The van der Waals surface area contributed by atoms with Gasteiger partial charge in [0.2, 0.25) is 0 Å². The molecule has 0 radical (unpaired) electrons. The first kappa shape index (κ1) is 25.0. The molecule has 1 aliphatic heterocycles. The molecular weight excluding hydrogens is 419 g/mol. The Balaban J connectivity index is 2.36. The Bertz CT molecular complexity index is 604. The van der Waals surface area contributed by atoms with Crippen molar-refractivity contribution in [2.75, 3.05) is 0 Å². The molecule has 1 heterocycles. The van der Waals surface area contributed by atoms with E-state index in [9.17, 15) is 0 Å². The molecule has 1 nitrogen and oxygen atoms in total. The van der Waals surface area contributed by atoms with Gasteiger partial charge in [0.15, 0.2) is 0 Å². The van der Waals surface area contributed by atoms with Gasteiger partial charge in [0, 0.05) is 0 Å². The van der Waals surface area contributed by atoms with Crippen LogP contribution < -0.4 is 4.46 Å². The normalized spacial score (nSPS) is 25.0. The fourth-order valence-electron chi connectivity index (χ4n) is 4.43. The van der Waals surface area contributed by atoms with Crippen molar-refractivity contribution in [2.45, 2.75) is 129 Å². The summed E-state index contributed by atoms with van der Waals surface area (Å²) in [5.74, 6) is 2.42. The van der Waals surface area contributed by atoms with Crippen LogP contribution in [0.1, 0.15) is 129 Å². The summed E-state index contributed by atoms with van der Waals surface area (Å²) in [6.45, 7) is 21.2. The summed E-state index contributed by atoms with van der Waals surface area (Å²) >= 11 is 0.467. The average Bonchev–Trinajstić information content (AvgIpc) is 2.92. The molecule has 0 unspecified atom stereocenters. The second kappa shape index (κ2) is 11.4. The van der Waals surface area contributed by atoms with Crippen LogP contribution in [-0.4, -0.2) is 27.2 Å². The average molecular weight is 466 g/mol. The van der Waals surface area contributed by atoms with Crippen LogP contribution in [0.15, 0.2) is 12.1 Å². The number of benzene rings is 1. The Labute approximate surface area is 187 Å². The van der Waals surface area contributed by atoms with E-state index < -0.39 is 0 Å². The van der Waals surface area contributed by atoms with E-state index >= 15 is 0 Å². The third kappa shape index (κ3) is 6.34. The standard InChI is InChI=1S/C27H46OSe/c1-10-11-12-13-14-25-26(20(8)21(9)28-25)29-27-23(18(4)5)15-22(17(2)3)16-24(27)19(6)7/h15-21,25-26H,10-14H2,1-9H3/t20-,21-,25+,26-/m0/s1. The molecule has 1 fully saturated rings. The third-order valence-electron chi connectivity index (χ3n) is 6.69. The van der Waals surface area contributed by atoms with Crippen LogP contribution in [-0.2, 0) is 4.74 Å². The molecule has 0 aromatic heterocycles. The number of ether oxygens (including phenoxy) is 1. The van der Waals surface area contributed by atoms with E-state index in [1.54, 1.807) is 15.6 Å². The summed E-state index contributed by atoms with van der Waals surface area (Å²) in [7, 11) is 0. The summed E-state index contributed by atoms with van der Waals surface area (Å²) in [6, 6.07) is 5.05. The van der Waals surface area contributed by atoms with E-state index in [4.69, 9.17) is 4.74 Å². The van der Waals surface area contributed by atoms with E-state index in [0.717, 1.165) is 0 Å². The van der Waals surface area contributed by atoms with Gasteiger partial charge in [-0.1, -0.05) is 0 Å². The summed E-state index contributed by atoms with van der Waals surface area (Å²) in [6.07, 6.45) is 7.46. The van der Waals surface area contributed by atoms with Crippen molar-refractivity contribution in [1.82, 2.24) is 0 Å². The Morgan fingerprint density at radius 3 is 1.93 bits per heavy atom. The van der Waals surface area contributed by atoms with Crippen LogP contribution in [0.5, 0.6) is 0 Å². The maximum atomic E-state index is 6.52. The molecule has 0 bridgehead atoms. The van der Waals surface area contributed by atoms with Crippen LogP contribution in [0, 0.1) is 5.92 Å². The van der Waals surface area contributed by atoms with Crippen molar-refractivity contribution in [3.63, 3.8) is 0 Å². The molecule has 1 aromatic rings. The summed E-state index contributed by atoms with van der Waals surface area (Å²) < 4.78 is 8.21. The van der Waals surface area contributed by atoms with Crippen LogP contribution in [0.2, 0.25) is 4.82 Å². The van der Waals surface area contributed by atoms with Gasteiger partial charge >= 0.3 is 188 Å². The quantitative estimate of drug-likeness (QED) is 0.256. The van der Waals surface area contributed by atoms with Crippen molar-refractivity contribution in [1.29, 1.82) is 0 Å². The van der Waals surface area contributed by atoms with Gasteiger partial charge in [-0.25, -0.2) is 0 Å². The third-order valence-corrected chi connectivity index (χ3v) is 10.3. The monoisotopic (exact) mass is 466 g/mol. The molecule has 0 N–H and O–H groups in total. The first-order valence-electron chi connectivity index (χ1n) is 12.2. The van der Waals surface area contributed by atoms with Crippen molar-refractivity contribution >= 4 is 19.4 Å². The van der Waals surface area contributed by atoms with Crippen molar-refractivity contribution < 1.29 is 4.74 Å². The molecule has 2 heteroatoms. The van der Waals surface area contributed by atoms with E-state index in [-0.39, 0.29) is 0 Å². The van der Waals surface area contributed by atoms with Gasteiger partial charge in [0.1, 0.15) is 0 Å². The zero-order chi connectivity index (χ0) is 21.7. The van der Waals surface area contributed by atoms with Crippen LogP contribution in [0.4, 0.5) is 0 Å². The van der Waals surface area contributed by atoms with Crippen LogP contribution in [0.25, 0.3) is 0 Å². The molecule has 4 atom stereocenters. The molecule has 0 spiro atoms. The minimum absolute atomic E-state index is 0.401. The molecule has 0 aliphatic carbocycles. The van der Waals surface area contributed by atoms with Gasteiger partial charge < -0.3 is 0 Å². The van der Waals surface area contributed by atoms with E-state index in [2.05, 4.69) is 74.4 Å². The topological polar surface area (TPSA) is 9.23 Å². The number of unbranched alkanes of at least 4 members (excludes halogenated alkanes) is 3. The Hall–Kier alpha value is -0.301. The van der Waals surface area contributed by atoms with Gasteiger partial charge in [-0.05, 0) is 0 Å². The van der Waals surface area contributed by atoms with Crippen molar-refractivity contribution in [3.05, 3.63) is 28.8 Å². The predicted octanol–water partition coefficient (Wildman–Crippen LogP) is 7.57. The molecule has 0 amide bonds. The SMILES string of the molecule is CCCCCC[C@H]1O[C@@H](C)[C@H](C)[C@@H]1[Se]c1c(C(C)C)cc(C(C)C)cc1C(C)C. The second-order valence-electron chi connectivity index (χ2n) is 10.2. The first-order chi connectivity index (χ1) is 13.7. The number of rotatable bonds is 10. The molecule has 2 rings (SSSR count). The van der Waals surface area contributed by atoms with Crippen molar-refractivity contribution in [3.8, 4) is 0 Å². The van der Waals surface area contributed by atoms with Gasteiger partial charge in [-0.2, -0.15) is 0 Å². The van der Waals surface area contributed by atoms with Gasteiger partial charge in [-0.15, -0.1) is 0 Å². The molecule has 29 heavy (non-hydrogen) atoms. The molecule has 1 aromatic carbocycles. The first-order valence-corrected chi connectivity index (χ1v) is 14.0. The number of hydrogen-bond donors (Lipinski definition) is 0. The summed E-state index contributed by atoms with van der Waals surface area (Å²) in [5.41, 5.74) is 4.73. The Morgan fingerprint density at radius 1 is 0.862 bits per heavy atom. The molecular formula is C27H46OSe. The van der Waals surface area contributed by atoms with Gasteiger partial charge in [0.25, 0.3) is 0 Å². The Morgan fingerprint density at radius 2 is 1.45 bits per heavy atom. The van der Waals surface area contributed by atoms with Gasteiger partial charge in [-0.3, -0.25) is 0 Å². The van der Waals surface area contributed by atoms with Gasteiger partial charge in [0.05, 0.1) is 0 Å². The minimum atomic E-state index is 0.401. The zero-order valence-electron chi connectivity index (χ0n) is 20.5. The fraction of sp³-hybridized carbons (Fsp3) is 0.778. The molecule has 1 aliphatic rings. The Kier molecular flexibility index (Phi) is 9.78. The molecule has 0 saturated carbocycles. The summed E-state index contributed by atoms with van der Waals surface area (Å²) in [4.78, 5) is 0.707. The van der Waals surface area contributed by atoms with E-state index in [0.29, 0.717) is 55.7 Å². The van der Waals surface area contributed by atoms with Crippen LogP contribution in [0.3, 0.4) is 0 Å².